The molecule has 130 valence electrons. The maximum Gasteiger partial charge on any atom is 0.407 e. The zero-order valence-corrected chi connectivity index (χ0v) is 14.4. The van der Waals surface area contributed by atoms with Crippen LogP contribution in [0, 0.1) is 5.41 Å². The fraction of sp³-hybridized carbons (Fsp3) is 0.938. The van der Waals surface area contributed by atoms with Crippen molar-refractivity contribution in [2.24, 2.45) is 5.41 Å². The van der Waals surface area contributed by atoms with Gasteiger partial charge >= 0.3 is 6.09 Å². The quantitative estimate of drug-likeness (QED) is 0.812. The van der Waals surface area contributed by atoms with Crippen molar-refractivity contribution in [3.05, 3.63) is 0 Å². The van der Waals surface area contributed by atoms with Crippen molar-refractivity contribution in [2.45, 2.75) is 77.9 Å². The molecule has 0 spiro atoms. The van der Waals surface area contributed by atoms with E-state index in [4.69, 9.17) is 4.74 Å². The summed E-state index contributed by atoms with van der Waals surface area (Å²) < 4.78 is 32.7. The fourth-order valence-electron chi connectivity index (χ4n) is 2.72. The summed E-state index contributed by atoms with van der Waals surface area (Å²) in [7, 11) is 0. The maximum absolute atomic E-state index is 13.9. The van der Waals surface area contributed by atoms with E-state index in [-0.39, 0.29) is 11.5 Å². The van der Waals surface area contributed by atoms with Gasteiger partial charge in [0, 0.05) is 6.04 Å². The second kappa shape index (κ2) is 7.11. The van der Waals surface area contributed by atoms with Gasteiger partial charge in [0.2, 0.25) is 0 Å². The molecule has 0 radical (unpaired) electrons. The van der Waals surface area contributed by atoms with Crippen LogP contribution in [0.25, 0.3) is 0 Å². The molecule has 1 fully saturated rings. The first-order chi connectivity index (χ1) is 9.91. The molecule has 1 unspecified atom stereocenters. The van der Waals surface area contributed by atoms with Gasteiger partial charge in [0.1, 0.15) is 5.60 Å². The van der Waals surface area contributed by atoms with Gasteiger partial charge in [0.15, 0.2) is 0 Å². The maximum atomic E-state index is 13.9. The molecule has 0 heterocycles. The van der Waals surface area contributed by atoms with Crippen LogP contribution >= 0.6 is 0 Å². The van der Waals surface area contributed by atoms with Gasteiger partial charge in [-0.3, -0.25) is 0 Å². The average Bonchev–Trinajstić information content (AvgIpc) is 2.33. The zero-order valence-electron chi connectivity index (χ0n) is 14.4. The molecule has 22 heavy (non-hydrogen) atoms. The summed E-state index contributed by atoms with van der Waals surface area (Å²) in [5.74, 6) is -3.00. The van der Waals surface area contributed by atoms with E-state index in [0.717, 1.165) is 25.7 Å². The first kappa shape index (κ1) is 19.1. The van der Waals surface area contributed by atoms with Crippen molar-refractivity contribution in [3.63, 3.8) is 0 Å². The fourth-order valence-corrected chi connectivity index (χ4v) is 2.72. The predicted molar refractivity (Wildman–Crippen MR) is 83.2 cm³/mol. The molecular weight excluding hydrogens is 290 g/mol. The lowest BCUT2D eigenvalue weighted by molar-refractivity contribution is -0.0111. The molecule has 0 aromatic carbocycles. The van der Waals surface area contributed by atoms with E-state index in [1.165, 1.54) is 0 Å². The van der Waals surface area contributed by atoms with Gasteiger partial charge in [0.25, 0.3) is 5.92 Å². The van der Waals surface area contributed by atoms with Crippen LogP contribution in [0.4, 0.5) is 13.6 Å². The zero-order chi connectivity index (χ0) is 17.0. The van der Waals surface area contributed by atoms with Gasteiger partial charge in [0.05, 0.1) is 13.1 Å². The van der Waals surface area contributed by atoms with Gasteiger partial charge in [-0.1, -0.05) is 26.7 Å². The summed E-state index contributed by atoms with van der Waals surface area (Å²) in [6, 6.07) is 0.0913. The van der Waals surface area contributed by atoms with Gasteiger partial charge < -0.3 is 15.4 Å². The Labute approximate surface area is 132 Å². The van der Waals surface area contributed by atoms with Crippen LogP contribution in [0.3, 0.4) is 0 Å². The number of nitrogens with one attached hydrogen (secondary N) is 2. The van der Waals surface area contributed by atoms with Crippen LogP contribution in [0.2, 0.25) is 0 Å². The highest BCUT2D eigenvalue weighted by molar-refractivity contribution is 5.67. The molecule has 2 N–H and O–H groups in total. The van der Waals surface area contributed by atoms with Gasteiger partial charge in [-0.25, -0.2) is 13.6 Å². The van der Waals surface area contributed by atoms with Crippen LogP contribution in [-0.4, -0.2) is 36.7 Å². The number of hydrogen-bond donors (Lipinski definition) is 2. The lowest BCUT2D eigenvalue weighted by Crippen LogP contribution is -2.51. The van der Waals surface area contributed by atoms with Crippen LogP contribution in [0.15, 0.2) is 0 Å². The Morgan fingerprint density at radius 3 is 2.41 bits per heavy atom. The van der Waals surface area contributed by atoms with Crippen molar-refractivity contribution in [3.8, 4) is 0 Å². The second-order valence-corrected chi connectivity index (χ2v) is 7.88. The topological polar surface area (TPSA) is 50.4 Å². The normalized spacial score (nSPS) is 22.2. The summed E-state index contributed by atoms with van der Waals surface area (Å²) >= 11 is 0. The number of halogens is 2. The van der Waals surface area contributed by atoms with Crippen molar-refractivity contribution >= 4 is 6.09 Å². The minimum Gasteiger partial charge on any atom is -0.444 e. The lowest BCUT2D eigenvalue weighted by Gasteiger charge is -2.40. The summed E-state index contributed by atoms with van der Waals surface area (Å²) in [6.45, 7) is 8.15. The molecule has 0 aliphatic heterocycles. The smallest absolute Gasteiger partial charge is 0.407 e. The minimum absolute atomic E-state index is 0.0346. The van der Waals surface area contributed by atoms with Gasteiger partial charge in [-0.2, -0.15) is 0 Å². The molecule has 1 aliphatic carbocycles. The SMILES string of the molecule is CC(C)(C)OC(=O)NCC(F)(F)CNC1CCCCC1(C)C. The number of amides is 1. The molecule has 1 aliphatic rings. The van der Waals surface area contributed by atoms with Gasteiger partial charge in [-0.05, 0) is 39.0 Å². The number of ether oxygens (including phenoxy) is 1. The molecule has 0 aromatic heterocycles. The third kappa shape index (κ3) is 6.90. The Morgan fingerprint density at radius 1 is 1.23 bits per heavy atom. The van der Waals surface area contributed by atoms with Crippen molar-refractivity contribution < 1.29 is 18.3 Å². The van der Waals surface area contributed by atoms with Crippen molar-refractivity contribution in [1.29, 1.82) is 0 Å². The first-order valence-electron chi connectivity index (χ1n) is 7.99. The van der Waals surface area contributed by atoms with E-state index in [9.17, 15) is 13.6 Å². The number of carbonyl (C=O) groups is 1. The van der Waals surface area contributed by atoms with Crippen LogP contribution in [-0.2, 0) is 4.74 Å². The highest BCUT2D eigenvalue weighted by Crippen LogP contribution is 2.35. The summed E-state index contributed by atoms with van der Waals surface area (Å²) in [5, 5.41) is 5.12. The number of carbonyl (C=O) groups excluding carboxylic acids is 1. The molecule has 1 amide bonds. The average molecular weight is 320 g/mol. The summed E-state index contributed by atoms with van der Waals surface area (Å²) in [4.78, 5) is 11.4. The molecule has 6 heteroatoms. The molecular formula is C16H30F2N2O2. The number of alkyl carbamates (subject to hydrolysis) is 1. The van der Waals surface area contributed by atoms with E-state index >= 15 is 0 Å². The second-order valence-electron chi connectivity index (χ2n) is 7.88. The Morgan fingerprint density at radius 2 is 1.86 bits per heavy atom. The molecule has 0 saturated heterocycles. The Bertz CT molecular complexity index is 379. The van der Waals surface area contributed by atoms with Gasteiger partial charge in [-0.15, -0.1) is 0 Å². The Balaban J connectivity index is 2.38. The molecule has 0 bridgehead atoms. The Kier molecular flexibility index (Phi) is 6.18. The predicted octanol–water partition coefficient (Wildman–Crippen LogP) is 3.70. The first-order valence-corrected chi connectivity index (χ1v) is 7.99. The van der Waals surface area contributed by atoms with E-state index in [1.807, 2.05) is 0 Å². The monoisotopic (exact) mass is 320 g/mol. The van der Waals surface area contributed by atoms with E-state index in [1.54, 1.807) is 20.8 Å². The number of hydrogen-bond acceptors (Lipinski definition) is 3. The molecule has 0 aromatic rings. The third-order valence-electron chi connectivity index (χ3n) is 4.00. The molecule has 1 atom stereocenters. The summed E-state index contributed by atoms with van der Waals surface area (Å²) in [5.41, 5.74) is -0.656. The largest absolute Gasteiger partial charge is 0.444 e. The Hall–Kier alpha value is -0.910. The highest BCUT2D eigenvalue weighted by Gasteiger charge is 2.36. The van der Waals surface area contributed by atoms with Crippen LogP contribution in [0.1, 0.15) is 60.3 Å². The molecule has 1 rings (SSSR count). The highest BCUT2D eigenvalue weighted by atomic mass is 19.3. The van der Waals surface area contributed by atoms with Crippen LogP contribution < -0.4 is 10.6 Å². The van der Waals surface area contributed by atoms with Crippen molar-refractivity contribution in [1.82, 2.24) is 10.6 Å². The van der Waals surface area contributed by atoms with E-state index < -0.39 is 30.7 Å². The molecule has 4 nitrogen and oxygen atoms in total. The number of alkyl halides is 2. The minimum atomic E-state index is -3.00. The summed E-state index contributed by atoms with van der Waals surface area (Å²) in [6.07, 6.45) is 3.38. The van der Waals surface area contributed by atoms with Crippen LogP contribution in [0.5, 0.6) is 0 Å². The van der Waals surface area contributed by atoms with E-state index in [2.05, 4.69) is 24.5 Å². The standard InChI is InChI=1S/C16H30F2N2O2/c1-14(2,3)22-13(21)20-11-16(17,18)10-19-12-8-6-7-9-15(12,4)5/h12,19H,6-11H2,1-5H3,(H,20,21). The lowest BCUT2D eigenvalue weighted by atomic mass is 9.73. The number of rotatable bonds is 5. The third-order valence-corrected chi connectivity index (χ3v) is 4.00. The molecule has 1 saturated carbocycles. The van der Waals surface area contributed by atoms with Crippen molar-refractivity contribution in [2.75, 3.05) is 13.1 Å². The van der Waals surface area contributed by atoms with E-state index in [0.29, 0.717) is 0 Å².